The molecule has 3 aromatic carbocycles. The Bertz CT molecular complexity index is 1830. The molecule has 1 aliphatic heterocycles. The van der Waals surface area contributed by atoms with Gasteiger partial charge in [0.1, 0.15) is 11.8 Å². The Labute approximate surface area is 331 Å². The Kier molecular flexibility index (Phi) is 15.6. The Morgan fingerprint density at radius 2 is 1.48 bits per heavy atom. The van der Waals surface area contributed by atoms with Gasteiger partial charge in [-0.25, -0.2) is 9.97 Å². The molecule has 298 valence electrons. The summed E-state index contributed by atoms with van der Waals surface area (Å²) in [6.07, 6.45) is 11.9. The topological polar surface area (TPSA) is 140 Å². The molecule has 0 bridgehead atoms. The molecule has 1 aromatic heterocycles. The van der Waals surface area contributed by atoms with Gasteiger partial charge in [-0.2, -0.15) is 0 Å². The summed E-state index contributed by atoms with van der Waals surface area (Å²) < 4.78 is 11.3. The highest BCUT2D eigenvalue weighted by Gasteiger charge is 2.28. The van der Waals surface area contributed by atoms with Gasteiger partial charge in [-0.15, -0.1) is 0 Å². The lowest BCUT2D eigenvalue weighted by molar-refractivity contribution is -0.142. The van der Waals surface area contributed by atoms with Crippen molar-refractivity contribution in [3.63, 3.8) is 0 Å². The molecular formula is C46H58N4O6. The number of ether oxygens (including phenoxy) is 2. The van der Waals surface area contributed by atoms with Crippen LogP contribution in [0.2, 0.25) is 0 Å². The van der Waals surface area contributed by atoms with E-state index >= 15 is 0 Å². The van der Waals surface area contributed by atoms with Crippen LogP contribution in [-0.2, 0) is 26.2 Å². The summed E-state index contributed by atoms with van der Waals surface area (Å²) in [6.45, 7) is 10.5. The monoisotopic (exact) mass is 762 g/mol. The molecule has 2 atom stereocenters. The molecule has 56 heavy (non-hydrogen) atoms. The first kappa shape index (κ1) is 42.1. The highest BCUT2D eigenvalue weighted by Crippen LogP contribution is 2.26. The predicted molar refractivity (Wildman–Crippen MR) is 220 cm³/mol. The molecule has 0 spiro atoms. The zero-order valence-electron chi connectivity index (χ0n) is 33.4. The zero-order valence-corrected chi connectivity index (χ0v) is 33.4. The predicted octanol–water partition coefficient (Wildman–Crippen LogP) is 8.43. The van der Waals surface area contributed by atoms with Crippen molar-refractivity contribution in [2.45, 2.75) is 96.9 Å². The van der Waals surface area contributed by atoms with Crippen molar-refractivity contribution in [1.29, 1.82) is 0 Å². The number of carboxylic acid groups (broad SMARTS) is 1. The second kappa shape index (κ2) is 20.7. The van der Waals surface area contributed by atoms with Crippen LogP contribution in [0.5, 0.6) is 5.75 Å². The zero-order chi connectivity index (χ0) is 39.9. The number of amides is 2. The number of hydrogen-bond donors (Lipinski definition) is 3. The Hall–Kier alpha value is -5.09. The highest BCUT2D eigenvalue weighted by molar-refractivity contribution is 5.97. The number of carbonyl (C=O) groups excluding carboxylic acids is 2. The van der Waals surface area contributed by atoms with Crippen LogP contribution in [0.25, 0.3) is 22.5 Å². The molecular weight excluding hydrogens is 705 g/mol. The van der Waals surface area contributed by atoms with Crippen molar-refractivity contribution in [1.82, 2.24) is 20.6 Å². The van der Waals surface area contributed by atoms with Crippen molar-refractivity contribution >= 4 is 17.8 Å². The molecule has 1 unspecified atom stereocenters. The molecule has 1 aliphatic rings. The van der Waals surface area contributed by atoms with Crippen LogP contribution in [0.1, 0.15) is 101 Å². The SMILES string of the molecule is CCCCCCCOc1ccc(-c2cnc(-c3ccc(C[C@H](NC(=O)c4ccc(C(C)(C)C)cc4)C(=O)NCC(CC4CCOCC4)C(=O)O)cc3)nc2)cc1. The van der Waals surface area contributed by atoms with Crippen LogP contribution in [0.4, 0.5) is 0 Å². The minimum Gasteiger partial charge on any atom is -0.494 e. The van der Waals surface area contributed by atoms with E-state index in [0.29, 0.717) is 31.0 Å². The van der Waals surface area contributed by atoms with Gasteiger partial charge in [0.2, 0.25) is 5.91 Å². The van der Waals surface area contributed by atoms with Crippen molar-refractivity contribution in [2.24, 2.45) is 11.8 Å². The molecule has 3 N–H and O–H groups in total. The Morgan fingerprint density at radius 1 is 0.839 bits per heavy atom. The second-order valence-corrected chi connectivity index (χ2v) is 15.9. The summed E-state index contributed by atoms with van der Waals surface area (Å²) in [5, 5.41) is 15.7. The van der Waals surface area contributed by atoms with Crippen molar-refractivity contribution in [3.8, 4) is 28.3 Å². The van der Waals surface area contributed by atoms with E-state index in [-0.39, 0.29) is 30.2 Å². The summed E-state index contributed by atoms with van der Waals surface area (Å²) in [7, 11) is 0. The van der Waals surface area contributed by atoms with Gasteiger partial charge in [-0.05, 0) is 78.0 Å². The minimum absolute atomic E-state index is 0.0262. The molecule has 0 aliphatic carbocycles. The summed E-state index contributed by atoms with van der Waals surface area (Å²) in [6, 6.07) is 22.0. The van der Waals surface area contributed by atoms with Crippen LogP contribution < -0.4 is 15.4 Å². The van der Waals surface area contributed by atoms with E-state index in [1.54, 1.807) is 24.5 Å². The Morgan fingerprint density at radius 3 is 2.11 bits per heavy atom. The normalized spacial score (nSPS) is 14.4. The van der Waals surface area contributed by atoms with E-state index in [2.05, 4.69) is 48.3 Å². The number of hydrogen-bond acceptors (Lipinski definition) is 7. The van der Waals surface area contributed by atoms with Gasteiger partial charge in [0, 0.05) is 55.3 Å². The first-order valence-electron chi connectivity index (χ1n) is 20.1. The van der Waals surface area contributed by atoms with Gasteiger partial charge < -0.3 is 25.2 Å². The third-order valence-corrected chi connectivity index (χ3v) is 10.5. The molecule has 2 amide bonds. The molecule has 0 radical (unpaired) electrons. The fourth-order valence-electron chi connectivity index (χ4n) is 6.87. The number of benzene rings is 3. The summed E-state index contributed by atoms with van der Waals surface area (Å²) >= 11 is 0. The van der Waals surface area contributed by atoms with Crippen molar-refractivity contribution in [3.05, 3.63) is 102 Å². The summed E-state index contributed by atoms with van der Waals surface area (Å²) in [4.78, 5) is 48.6. The van der Waals surface area contributed by atoms with Crippen LogP contribution in [0.3, 0.4) is 0 Å². The van der Waals surface area contributed by atoms with E-state index in [4.69, 9.17) is 9.47 Å². The number of aliphatic carboxylic acids is 1. The molecule has 10 heteroatoms. The molecule has 10 nitrogen and oxygen atoms in total. The molecule has 2 heterocycles. The van der Waals surface area contributed by atoms with E-state index < -0.39 is 23.8 Å². The number of nitrogens with one attached hydrogen (secondary N) is 2. The van der Waals surface area contributed by atoms with Gasteiger partial charge in [0.25, 0.3) is 5.91 Å². The first-order valence-corrected chi connectivity index (χ1v) is 20.1. The Balaban J connectivity index is 1.23. The molecule has 1 saturated heterocycles. The van der Waals surface area contributed by atoms with Crippen LogP contribution in [0.15, 0.2) is 85.2 Å². The molecule has 0 saturated carbocycles. The smallest absolute Gasteiger partial charge is 0.308 e. The maximum Gasteiger partial charge on any atom is 0.308 e. The quantitative estimate of drug-likeness (QED) is 0.0810. The third-order valence-electron chi connectivity index (χ3n) is 10.5. The first-order chi connectivity index (χ1) is 27.0. The lowest BCUT2D eigenvalue weighted by Crippen LogP contribution is -2.49. The van der Waals surface area contributed by atoms with E-state index in [0.717, 1.165) is 59.4 Å². The van der Waals surface area contributed by atoms with E-state index in [1.165, 1.54) is 25.7 Å². The van der Waals surface area contributed by atoms with Gasteiger partial charge in [0.15, 0.2) is 5.82 Å². The van der Waals surface area contributed by atoms with E-state index in [1.807, 2.05) is 60.7 Å². The lowest BCUT2D eigenvalue weighted by Gasteiger charge is -2.25. The molecule has 5 rings (SSSR count). The third kappa shape index (κ3) is 12.7. The summed E-state index contributed by atoms with van der Waals surface area (Å²) in [5.41, 5.74) is 4.97. The maximum atomic E-state index is 13.7. The van der Waals surface area contributed by atoms with Crippen LogP contribution in [-0.4, -0.2) is 65.3 Å². The van der Waals surface area contributed by atoms with Gasteiger partial charge in [0.05, 0.1) is 12.5 Å². The minimum atomic E-state index is -0.950. The highest BCUT2D eigenvalue weighted by atomic mass is 16.5. The van der Waals surface area contributed by atoms with Crippen LogP contribution >= 0.6 is 0 Å². The van der Waals surface area contributed by atoms with Crippen molar-refractivity contribution in [2.75, 3.05) is 26.4 Å². The number of carbonyl (C=O) groups is 3. The number of aromatic nitrogens is 2. The van der Waals surface area contributed by atoms with Gasteiger partial charge in [-0.3, -0.25) is 14.4 Å². The largest absolute Gasteiger partial charge is 0.494 e. The molecule has 4 aromatic rings. The second-order valence-electron chi connectivity index (χ2n) is 15.9. The average molecular weight is 763 g/mol. The molecule has 1 fully saturated rings. The van der Waals surface area contributed by atoms with Gasteiger partial charge in [-0.1, -0.05) is 102 Å². The van der Waals surface area contributed by atoms with Gasteiger partial charge >= 0.3 is 5.97 Å². The lowest BCUT2D eigenvalue weighted by atomic mass is 9.86. The van der Waals surface area contributed by atoms with E-state index in [9.17, 15) is 19.5 Å². The standard InChI is InChI=1S/C46H58N4O6/c1-5-6-7-8-9-24-56-40-20-16-34(17-21-40)38-30-47-42(48-31-38)35-12-10-32(11-13-35)28-41(50-43(51)36-14-18-39(19-15-36)46(2,3)4)44(52)49-29-37(45(53)54)27-33-22-25-55-26-23-33/h10-21,30-31,33,37,41H,5-9,22-29H2,1-4H3,(H,49,52)(H,50,51)(H,53,54)/t37?,41-/m0/s1. The number of nitrogens with zero attached hydrogens (tertiary/aromatic N) is 2. The number of carboxylic acids is 1. The van der Waals surface area contributed by atoms with Crippen LogP contribution in [0, 0.1) is 11.8 Å². The fourth-order valence-corrected chi connectivity index (χ4v) is 6.87. The maximum absolute atomic E-state index is 13.7. The number of rotatable bonds is 19. The number of unbranched alkanes of at least 4 members (excludes halogenated alkanes) is 4. The average Bonchev–Trinajstić information content (AvgIpc) is 3.21. The summed E-state index contributed by atoms with van der Waals surface area (Å²) in [5.74, 6) is -0.862. The fraction of sp³-hybridized carbons (Fsp3) is 0.457. The van der Waals surface area contributed by atoms with Crippen molar-refractivity contribution < 1.29 is 29.0 Å².